The number of hydrogen-bond donors (Lipinski definition) is 0. The van der Waals surface area contributed by atoms with Crippen molar-refractivity contribution in [2.75, 3.05) is 24.9 Å². The Balaban J connectivity index is 2.09. The molecule has 27 heavy (non-hydrogen) atoms. The van der Waals surface area contributed by atoms with Gasteiger partial charge in [-0.05, 0) is 42.5 Å². The number of halogens is 1. The van der Waals surface area contributed by atoms with Crippen LogP contribution in [-0.4, -0.2) is 40.3 Å². The van der Waals surface area contributed by atoms with Crippen LogP contribution in [0.5, 0.6) is 11.5 Å². The summed E-state index contributed by atoms with van der Waals surface area (Å²) >= 11 is 3.35. The van der Waals surface area contributed by atoms with Crippen molar-refractivity contribution in [1.29, 1.82) is 0 Å². The predicted molar refractivity (Wildman–Crippen MR) is 107 cm³/mol. The van der Waals surface area contributed by atoms with Crippen molar-refractivity contribution < 1.29 is 22.7 Å². The van der Waals surface area contributed by atoms with Gasteiger partial charge in [-0.1, -0.05) is 15.9 Å². The fraction of sp³-hybridized carbons (Fsp3) is 0.211. The van der Waals surface area contributed by atoms with Crippen molar-refractivity contribution >= 4 is 37.4 Å². The third-order valence-corrected chi connectivity index (χ3v) is 6.11. The molecule has 2 aromatic carbocycles. The van der Waals surface area contributed by atoms with E-state index in [-0.39, 0.29) is 11.7 Å². The van der Waals surface area contributed by atoms with E-state index < -0.39 is 15.9 Å². The van der Waals surface area contributed by atoms with Gasteiger partial charge in [-0.25, -0.2) is 8.42 Å². The molecule has 0 aromatic heterocycles. The van der Waals surface area contributed by atoms with E-state index >= 15 is 0 Å². The quantitative estimate of drug-likeness (QED) is 0.695. The topological polar surface area (TPSA) is 72.9 Å². The molecule has 1 amide bonds. The number of benzene rings is 2. The van der Waals surface area contributed by atoms with Crippen molar-refractivity contribution in [1.82, 2.24) is 0 Å². The van der Waals surface area contributed by atoms with Crippen molar-refractivity contribution in [3.63, 3.8) is 0 Å². The molecule has 0 bridgehead atoms. The molecule has 0 unspecified atom stereocenters. The molecular formula is C19H18BrNO5S. The number of rotatable bonds is 5. The van der Waals surface area contributed by atoms with Crippen LogP contribution >= 0.6 is 15.9 Å². The molecule has 1 heterocycles. The highest BCUT2D eigenvalue weighted by Crippen LogP contribution is 2.36. The Morgan fingerprint density at radius 3 is 2.37 bits per heavy atom. The lowest BCUT2D eigenvalue weighted by Crippen LogP contribution is -2.41. The van der Waals surface area contributed by atoms with E-state index in [9.17, 15) is 13.2 Å². The van der Waals surface area contributed by atoms with Gasteiger partial charge in [0.2, 0.25) is 0 Å². The summed E-state index contributed by atoms with van der Waals surface area (Å²) < 4.78 is 35.4. The highest BCUT2D eigenvalue weighted by Gasteiger charge is 2.33. The number of nitrogens with zero attached hydrogens (tertiary/aromatic N) is 1. The molecule has 0 saturated carbocycles. The maximum absolute atomic E-state index is 13.3. The number of ether oxygens (including phenoxy) is 2. The van der Waals surface area contributed by atoms with Crippen LogP contribution in [0.25, 0.3) is 0 Å². The number of amides is 1. The average Bonchev–Trinajstić information content (AvgIpc) is 3.02. The summed E-state index contributed by atoms with van der Waals surface area (Å²) in [5.74, 6) is 0.487. The van der Waals surface area contributed by atoms with E-state index in [4.69, 9.17) is 9.47 Å². The van der Waals surface area contributed by atoms with Gasteiger partial charge < -0.3 is 9.47 Å². The van der Waals surface area contributed by atoms with Crippen LogP contribution in [-0.2, 0) is 9.84 Å². The van der Waals surface area contributed by atoms with E-state index in [2.05, 4.69) is 15.9 Å². The van der Waals surface area contributed by atoms with Crippen LogP contribution < -0.4 is 14.4 Å². The normalized spacial score (nSPS) is 17.5. The Morgan fingerprint density at radius 2 is 1.81 bits per heavy atom. The summed E-state index contributed by atoms with van der Waals surface area (Å²) in [6, 6.07) is 11.3. The van der Waals surface area contributed by atoms with E-state index in [1.165, 1.54) is 25.2 Å². The molecule has 0 fully saturated rings. The van der Waals surface area contributed by atoms with Crippen LogP contribution in [0.4, 0.5) is 5.69 Å². The van der Waals surface area contributed by atoms with Crippen molar-refractivity contribution in [3.05, 3.63) is 64.0 Å². The van der Waals surface area contributed by atoms with Crippen molar-refractivity contribution in [2.45, 2.75) is 6.04 Å². The van der Waals surface area contributed by atoms with Gasteiger partial charge in [-0.2, -0.15) is 0 Å². The zero-order valence-electron chi connectivity index (χ0n) is 14.8. The number of carbonyl (C=O) groups excluding carboxylic acids is 1. The molecule has 2 aromatic rings. The maximum atomic E-state index is 13.3. The first-order valence-corrected chi connectivity index (χ1v) is 10.6. The molecule has 0 saturated heterocycles. The molecular weight excluding hydrogens is 434 g/mol. The monoisotopic (exact) mass is 451 g/mol. The zero-order chi connectivity index (χ0) is 19.6. The van der Waals surface area contributed by atoms with Crippen LogP contribution in [0, 0.1) is 0 Å². The molecule has 0 aliphatic carbocycles. The fourth-order valence-corrected chi connectivity index (χ4v) is 4.41. The summed E-state index contributed by atoms with van der Waals surface area (Å²) in [6.07, 6.45) is 1.52. The lowest BCUT2D eigenvalue weighted by molar-refractivity contribution is 0.0982. The Hall–Kier alpha value is -2.32. The third kappa shape index (κ3) is 4.17. The molecule has 0 N–H and O–H groups in total. The standard InChI is InChI=1S/C19H18BrNO5S/c1-25-16-7-8-17(18(11-16)26-2)21(15-9-10-27(23,24)12-15)19(22)13-3-5-14(20)6-4-13/h3-11,15H,12H2,1-2H3/t15-/m0/s1. The molecule has 8 heteroatoms. The molecule has 142 valence electrons. The molecule has 1 aliphatic rings. The highest BCUT2D eigenvalue weighted by molar-refractivity contribution is 9.10. The SMILES string of the molecule is COc1ccc(N(C(=O)c2ccc(Br)cc2)[C@H]2C=CS(=O)(=O)C2)c(OC)c1. The number of methoxy groups -OCH3 is 2. The van der Waals surface area contributed by atoms with Crippen LogP contribution in [0.3, 0.4) is 0 Å². The van der Waals surface area contributed by atoms with Gasteiger partial charge in [0.25, 0.3) is 5.91 Å². The second kappa shape index (κ2) is 7.74. The lowest BCUT2D eigenvalue weighted by atomic mass is 10.1. The summed E-state index contributed by atoms with van der Waals surface area (Å²) in [5, 5.41) is 1.15. The largest absolute Gasteiger partial charge is 0.497 e. The second-order valence-electron chi connectivity index (χ2n) is 5.95. The van der Waals surface area contributed by atoms with Gasteiger partial charge in [-0.3, -0.25) is 9.69 Å². The van der Waals surface area contributed by atoms with Gasteiger partial charge in [-0.15, -0.1) is 0 Å². The minimum atomic E-state index is -3.35. The van der Waals surface area contributed by atoms with Crippen LogP contribution in [0.15, 0.2) is 58.4 Å². The summed E-state index contributed by atoms with van der Waals surface area (Å²) in [6.45, 7) is 0. The van der Waals surface area contributed by atoms with E-state index in [0.717, 1.165) is 9.88 Å². The van der Waals surface area contributed by atoms with Crippen LogP contribution in [0.2, 0.25) is 0 Å². The summed E-state index contributed by atoms with van der Waals surface area (Å²) in [7, 11) is -0.330. The number of carbonyl (C=O) groups is 1. The van der Waals surface area contributed by atoms with Crippen LogP contribution in [0.1, 0.15) is 10.4 Å². The Morgan fingerprint density at radius 1 is 1.11 bits per heavy atom. The first-order chi connectivity index (χ1) is 12.8. The third-order valence-electron chi connectivity index (χ3n) is 4.20. The molecule has 0 radical (unpaired) electrons. The average molecular weight is 452 g/mol. The van der Waals surface area contributed by atoms with Crippen molar-refractivity contribution in [2.24, 2.45) is 0 Å². The number of sulfone groups is 1. The Kier molecular flexibility index (Phi) is 5.57. The summed E-state index contributed by atoms with van der Waals surface area (Å²) in [4.78, 5) is 14.7. The maximum Gasteiger partial charge on any atom is 0.258 e. The number of anilines is 1. The molecule has 1 atom stereocenters. The van der Waals surface area contributed by atoms with E-state index in [0.29, 0.717) is 22.7 Å². The molecule has 0 spiro atoms. The zero-order valence-corrected chi connectivity index (χ0v) is 17.2. The van der Waals surface area contributed by atoms with Gasteiger partial charge >= 0.3 is 0 Å². The molecule has 3 rings (SSSR count). The lowest BCUT2D eigenvalue weighted by Gasteiger charge is -2.29. The Bertz CT molecular complexity index is 986. The van der Waals surface area contributed by atoms with Gasteiger partial charge in [0.15, 0.2) is 9.84 Å². The first-order valence-electron chi connectivity index (χ1n) is 8.07. The minimum absolute atomic E-state index is 0.176. The van der Waals surface area contributed by atoms with E-state index in [1.54, 1.807) is 42.5 Å². The van der Waals surface area contributed by atoms with Gasteiger partial charge in [0.05, 0.1) is 31.7 Å². The van der Waals surface area contributed by atoms with Gasteiger partial charge in [0.1, 0.15) is 11.5 Å². The Labute approximate surface area is 166 Å². The number of hydrogen-bond acceptors (Lipinski definition) is 5. The van der Waals surface area contributed by atoms with Crippen molar-refractivity contribution in [3.8, 4) is 11.5 Å². The first kappa shape index (κ1) is 19.4. The van der Waals surface area contributed by atoms with Gasteiger partial charge in [0, 0.05) is 21.5 Å². The summed E-state index contributed by atoms with van der Waals surface area (Å²) in [5.41, 5.74) is 0.909. The minimum Gasteiger partial charge on any atom is -0.497 e. The molecule has 6 nitrogen and oxygen atoms in total. The smallest absolute Gasteiger partial charge is 0.258 e. The second-order valence-corrected chi connectivity index (χ2v) is 8.79. The van der Waals surface area contributed by atoms with E-state index in [1.807, 2.05) is 0 Å². The molecule has 1 aliphatic heterocycles. The highest BCUT2D eigenvalue weighted by atomic mass is 79.9. The predicted octanol–water partition coefficient (Wildman–Crippen LogP) is 3.42. The fourth-order valence-electron chi connectivity index (χ4n) is 2.87.